The number of carbonyl (C=O) groups excluding carboxylic acids is 1. The number of hydrogen-bond donors (Lipinski definition) is 3. The van der Waals surface area contributed by atoms with Crippen LogP contribution in [0.2, 0.25) is 0 Å². The third kappa shape index (κ3) is 5.98. The molecule has 6 rings (SSSR count). The van der Waals surface area contributed by atoms with Crippen molar-refractivity contribution >= 4 is 22.2 Å². The van der Waals surface area contributed by atoms with Crippen molar-refractivity contribution in [2.75, 3.05) is 29.5 Å². The average Bonchev–Trinajstić information content (AvgIpc) is 3.67. The number of aromatic nitrogens is 2. The number of carbonyl (C=O) groups is 1. The van der Waals surface area contributed by atoms with Gasteiger partial charge in [-0.1, -0.05) is 12.1 Å². The minimum Gasteiger partial charge on any atom is -0.368 e. The maximum atomic E-state index is 14.8. The van der Waals surface area contributed by atoms with Crippen molar-refractivity contribution in [3.63, 3.8) is 0 Å². The Labute approximate surface area is 249 Å². The zero-order valence-corrected chi connectivity index (χ0v) is 24.6. The smallest absolute Gasteiger partial charge is 0.249 e. The fourth-order valence-corrected chi connectivity index (χ4v) is 7.48. The lowest BCUT2D eigenvalue weighted by molar-refractivity contribution is -0.134. The molecule has 3 fully saturated rings. The van der Waals surface area contributed by atoms with Crippen molar-refractivity contribution in [3.05, 3.63) is 65.7 Å². The summed E-state index contributed by atoms with van der Waals surface area (Å²) in [6.07, 6.45) is -0.000709. The predicted molar refractivity (Wildman–Crippen MR) is 159 cm³/mol. The highest BCUT2D eigenvalue weighted by Gasteiger charge is 2.51. The van der Waals surface area contributed by atoms with E-state index in [4.69, 9.17) is 5.10 Å². The lowest BCUT2D eigenvalue weighted by atomic mass is 9.73. The van der Waals surface area contributed by atoms with Crippen molar-refractivity contribution in [1.82, 2.24) is 15.1 Å². The maximum Gasteiger partial charge on any atom is 0.249 e. The Morgan fingerprint density at radius 3 is 2.28 bits per heavy atom. The molecule has 0 spiro atoms. The molecular formula is C31H34F3N5O3S. The van der Waals surface area contributed by atoms with E-state index in [1.54, 1.807) is 16.8 Å². The highest BCUT2D eigenvalue weighted by molar-refractivity contribution is 8.24. The van der Waals surface area contributed by atoms with Crippen LogP contribution >= 0.6 is 10.6 Å². The molecule has 1 aliphatic heterocycles. The van der Waals surface area contributed by atoms with Gasteiger partial charge in [-0.25, -0.2) is 17.9 Å². The second kappa shape index (κ2) is 10.9. The molecule has 43 heavy (non-hydrogen) atoms. The standard InChI is InChI=1S/C31H34F3N5O3S/c1-20-27(21-2-6-23(7-3-21)38-14-16-43(41,42)17-15-38)28(37-39(20)24-8-4-22(32)5-9-24)25-10-11-31(33,34)18-26(25)29(40)36-30(19-35)12-13-30/h2-9,25-26,41-42H,10-18H2,1H3,(H,36,40)/t25-,26-/m1/s1. The van der Waals surface area contributed by atoms with Gasteiger partial charge in [-0.05, 0) is 68.1 Å². The van der Waals surface area contributed by atoms with Crippen molar-refractivity contribution < 1.29 is 27.1 Å². The monoisotopic (exact) mass is 613 g/mol. The maximum absolute atomic E-state index is 14.8. The number of nitrogens with one attached hydrogen (secondary N) is 1. The third-order valence-corrected chi connectivity index (χ3v) is 10.6. The van der Waals surface area contributed by atoms with Crippen molar-refractivity contribution in [1.29, 1.82) is 5.26 Å². The molecule has 0 radical (unpaired) electrons. The summed E-state index contributed by atoms with van der Waals surface area (Å²) < 4.78 is 65.0. The van der Waals surface area contributed by atoms with E-state index in [0.29, 0.717) is 54.5 Å². The molecule has 0 unspecified atom stereocenters. The van der Waals surface area contributed by atoms with E-state index in [9.17, 15) is 32.3 Å². The van der Waals surface area contributed by atoms with E-state index < -0.39 is 52.0 Å². The van der Waals surface area contributed by atoms with E-state index in [0.717, 1.165) is 16.8 Å². The molecule has 2 saturated carbocycles. The molecule has 2 aliphatic carbocycles. The Bertz CT molecular complexity index is 1550. The number of benzene rings is 2. The molecule has 1 aromatic heterocycles. The van der Waals surface area contributed by atoms with Gasteiger partial charge < -0.3 is 10.2 Å². The number of nitriles is 1. The zero-order chi connectivity index (χ0) is 30.6. The van der Waals surface area contributed by atoms with Gasteiger partial charge in [-0.3, -0.25) is 13.9 Å². The van der Waals surface area contributed by atoms with Gasteiger partial charge in [0, 0.05) is 48.8 Å². The summed E-state index contributed by atoms with van der Waals surface area (Å²) in [7, 11) is -2.53. The van der Waals surface area contributed by atoms with Crippen LogP contribution in [-0.2, 0) is 4.79 Å². The Morgan fingerprint density at radius 2 is 1.67 bits per heavy atom. The molecule has 2 atom stereocenters. The molecule has 2 heterocycles. The van der Waals surface area contributed by atoms with E-state index >= 15 is 0 Å². The Kier molecular flexibility index (Phi) is 7.47. The van der Waals surface area contributed by atoms with Gasteiger partial charge in [0.15, 0.2) is 0 Å². The van der Waals surface area contributed by atoms with Crippen molar-refractivity contribution in [3.8, 4) is 22.9 Å². The highest BCUT2D eigenvalue weighted by Crippen LogP contribution is 2.49. The molecule has 228 valence electrons. The number of anilines is 1. The van der Waals surface area contributed by atoms with Gasteiger partial charge in [0.25, 0.3) is 0 Å². The predicted octanol–water partition coefficient (Wildman–Crippen LogP) is 6.25. The molecular weight excluding hydrogens is 579 g/mol. The van der Waals surface area contributed by atoms with Gasteiger partial charge in [-0.15, -0.1) is 0 Å². The summed E-state index contributed by atoms with van der Waals surface area (Å²) in [4.78, 5) is 15.6. The second-order valence-electron chi connectivity index (χ2n) is 12.0. The van der Waals surface area contributed by atoms with Crippen LogP contribution < -0.4 is 10.2 Å². The fourth-order valence-electron chi connectivity index (χ4n) is 6.25. The quantitative estimate of drug-likeness (QED) is 0.303. The number of hydrogen-bond acceptors (Lipinski definition) is 6. The molecule has 12 heteroatoms. The van der Waals surface area contributed by atoms with Gasteiger partial charge in [0.2, 0.25) is 11.8 Å². The van der Waals surface area contributed by atoms with E-state index in [2.05, 4.69) is 16.3 Å². The number of halogens is 3. The van der Waals surface area contributed by atoms with Gasteiger partial charge in [0.05, 0.1) is 34.9 Å². The lowest BCUT2D eigenvalue weighted by Gasteiger charge is -2.41. The van der Waals surface area contributed by atoms with Gasteiger partial charge in [0.1, 0.15) is 11.4 Å². The number of rotatable bonds is 6. The van der Waals surface area contributed by atoms with Crippen LogP contribution in [0.1, 0.15) is 49.4 Å². The summed E-state index contributed by atoms with van der Waals surface area (Å²) in [5.74, 6) is -5.07. The normalized spacial score (nSPS) is 24.5. The minimum absolute atomic E-state index is 0.0375. The largest absolute Gasteiger partial charge is 0.368 e. The van der Waals surface area contributed by atoms with Crippen LogP contribution in [0, 0.1) is 30.0 Å². The first kappa shape index (κ1) is 29.5. The van der Waals surface area contributed by atoms with E-state index in [1.807, 2.05) is 31.2 Å². The topological polar surface area (TPSA) is 114 Å². The van der Waals surface area contributed by atoms with Gasteiger partial charge >= 0.3 is 0 Å². The number of nitrogens with zero attached hydrogens (tertiary/aromatic N) is 4. The van der Waals surface area contributed by atoms with E-state index in [-0.39, 0.29) is 12.8 Å². The zero-order valence-electron chi connectivity index (χ0n) is 23.8. The molecule has 1 amide bonds. The first-order chi connectivity index (χ1) is 20.4. The lowest BCUT2D eigenvalue weighted by Crippen LogP contribution is -2.45. The van der Waals surface area contributed by atoms with Crippen molar-refractivity contribution in [2.24, 2.45) is 5.92 Å². The fraction of sp³-hybridized carbons (Fsp3) is 0.452. The SMILES string of the molecule is Cc1c(-c2ccc(N3CCS(O)(O)CC3)cc2)c([C@@H]2CCC(F)(F)C[C@H]2C(=O)NC2(C#N)CC2)nn1-c1ccc(F)cc1. The van der Waals surface area contributed by atoms with Gasteiger partial charge in [-0.2, -0.15) is 21.0 Å². The molecule has 3 N–H and O–H groups in total. The first-order valence-electron chi connectivity index (χ1n) is 14.4. The third-order valence-electron chi connectivity index (χ3n) is 8.95. The minimum atomic E-state index is -3.02. The average molecular weight is 614 g/mol. The molecule has 2 aromatic carbocycles. The molecule has 3 aliphatic rings. The Hall–Kier alpha value is -3.53. The molecule has 1 saturated heterocycles. The second-order valence-corrected chi connectivity index (χ2v) is 14.4. The van der Waals surface area contributed by atoms with Crippen LogP contribution in [0.5, 0.6) is 0 Å². The van der Waals surface area contributed by atoms with Crippen molar-refractivity contribution in [2.45, 2.75) is 56.4 Å². The summed E-state index contributed by atoms with van der Waals surface area (Å²) in [5, 5.41) is 17.2. The summed E-state index contributed by atoms with van der Waals surface area (Å²) in [5.41, 5.74) is 3.27. The molecule has 0 bridgehead atoms. The van der Waals surface area contributed by atoms with E-state index in [1.165, 1.54) is 12.1 Å². The summed E-state index contributed by atoms with van der Waals surface area (Å²) in [6, 6.07) is 15.7. The van der Waals surface area contributed by atoms with Crippen LogP contribution in [0.4, 0.5) is 18.9 Å². The Balaban J connectivity index is 1.40. The number of alkyl halides is 2. The highest BCUT2D eigenvalue weighted by atomic mass is 32.3. The molecule has 8 nitrogen and oxygen atoms in total. The first-order valence-corrected chi connectivity index (χ1v) is 16.3. The van der Waals surface area contributed by atoms with Crippen LogP contribution in [0.3, 0.4) is 0 Å². The number of amides is 1. The summed E-state index contributed by atoms with van der Waals surface area (Å²) in [6.45, 7) is 2.90. The Morgan fingerprint density at radius 1 is 1.05 bits per heavy atom. The molecule has 3 aromatic rings. The summed E-state index contributed by atoms with van der Waals surface area (Å²) >= 11 is 0. The van der Waals surface area contributed by atoms with Crippen LogP contribution in [-0.4, -0.2) is 60.8 Å². The van der Waals surface area contributed by atoms with Crippen LogP contribution in [0.25, 0.3) is 16.8 Å². The van der Waals surface area contributed by atoms with Crippen LogP contribution in [0.15, 0.2) is 48.5 Å².